The third-order valence-corrected chi connectivity index (χ3v) is 2.02. The van der Waals surface area contributed by atoms with Crippen LogP contribution in [0.4, 0.5) is 0 Å². The maximum absolute atomic E-state index is 9.35. The third kappa shape index (κ3) is 6.32. The summed E-state index contributed by atoms with van der Waals surface area (Å²) in [4.78, 5) is 0. The van der Waals surface area contributed by atoms with Gasteiger partial charge >= 0.3 is 0 Å². The molecule has 0 saturated heterocycles. The van der Waals surface area contributed by atoms with Gasteiger partial charge in [0.05, 0.1) is 6.10 Å². The van der Waals surface area contributed by atoms with Gasteiger partial charge in [-0.3, -0.25) is 0 Å². The molecule has 0 aromatic rings. The Kier molecular flexibility index (Phi) is 6.57. The fraction of sp³-hybridized carbons (Fsp3) is 0.556. The first kappa shape index (κ1) is 10.9. The summed E-state index contributed by atoms with van der Waals surface area (Å²) >= 11 is 3.31. The predicted octanol–water partition coefficient (Wildman–Crippen LogP) is 2.65. The number of hydrogen-bond acceptors (Lipinski definition) is 1. The molecular formula is C9H15BrO. The number of aliphatic hydroxyl groups is 1. The van der Waals surface area contributed by atoms with Crippen molar-refractivity contribution in [3.05, 3.63) is 24.8 Å². The number of halogens is 1. The second kappa shape index (κ2) is 6.62. The molecule has 1 N–H and O–H groups in total. The van der Waals surface area contributed by atoms with Gasteiger partial charge in [0.15, 0.2) is 0 Å². The largest absolute Gasteiger partial charge is 0.393 e. The second-order valence-electron chi connectivity index (χ2n) is 2.55. The highest BCUT2D eigenvalue weighted by molar-refractivity contribution is 9.09. The molecule has 0 aromatic heterocycles. The molecule has 0 amide bonds. The summed E-state index contributed by atoms with van der Waals surface area (Å²) in [6.07, 6.45) is 3.93. The van der Waals surface area contributed by atoms with Crippen LogP contribution in [-0.4, -0.2) is 16.5 Å². The fourth-order valence-corrected chi connectivity index (χ4v) is 1.12. The van der Waals surface area contributed by atoms with E-state index in [1.807, 2.05) is 0 Å². The molecule has 1 nitrogen and oxygen atoms in total. The van der Waals surface area contributed by atoms with E-state index in [1.54, 1.807) is 6.08 Å². The number of aliphatic hydroxyl groups excluding tert-OH is 1. The Hall–Kier alpha value is -0.0800. The van der Waals surface area contributed by atoms with Gasteiger partial charge in [-0.05, 0) is 19.3 Å². The highest BCUT2D eigenvalue weighted by atomic mass is 79.9. The van der Waals surface area contributed by atoms with Gasteiger partial charge < -0.3 is 5.11 Å². The van der Waals surface area contributed by atoms with Crippen LogP contribution >= 0.6 is 15.9 Å². The van der Waals surface area contributed by atoms with Crippen LogP contribution in [0.2, 0.25) is 0 Å². The Morgan fingerprint density at radius 3 is 2.73 bits per heavy atom. The zero-order valence-electron chi connectivity index (χ0n) is 6.72. The average Bonchev–Trinajstić information content (AvgIpc) is 2.00. The molecule has 0 saturated carbocycles. The van der Waals surface area contributed by atoms with Crippen molar-refractivity contribution >= 4 is 15.9 Å². The van der Waals surface area contributed by atoms with Gasteiger partial charge in [0.25, 0.3) is 0 Å². The number of alkyl halides is 1. The van der Waals surface area contributed by atoms with Crippen LogP contribution in [0.15, 0.2) is 24.8 Å². The molecule has 0 bridgehead atoms. The van der Waals surface area contributed by atoms with E-state index in [9.17, 15) is 5.11 Å². The van der Waals surface area contributed by atoms with Gasteiger partial charge in [-0.25, -0.2) is 0 Å². The Morgan fingerprint density at radius 1 is 1.64 bits per heavy atom. The van der Waals surface area contributed by atoms with E-state index in [1.165, 1.54) is 0 Å². The second-order valence-corrected chi connectivity index (χ2v) is 3.34. The topological polar surface area (TPSA) is 20.2 Å². The van der Waals surface area contributed by atoms with Crippen LogP contribution in [0.25, 0.3) is 0 Å². The van der Waals surface area contributed by atoms with Crippen molar-refractivity contribution < 1.29 is 5.11 Å². The Bertz CT molecular complexity index is 132. The minimum Gasteiger partial charge on any atom is -0.393 e. The summed E-state index contributed by atoms with van der Waals surface area (Å²) in [7, 11) is 0. The molecule has 2 heteroatoms. The Labute approximate surface area is 76.9 Å². The lowest BCUT2D eigenvalue weighted by atomic mass is 10.1. The molecule has 0 rings (SSSR count). The van der Waals surface area contributed by atoms with Crippen molar-refractivity contribution in [1.82, 2.24) is 0 Å². The summed E-state index contributed by atoms with van der Waals surface area (Å²) in [5, 5.41) is 10.3. The standard InChI is InChI=1S/C9H15BrO/c1-3-8(2)7-9(11)5-4-6-10/h3,9,11H,1-2,4-7H2/t9-/m1/s1. The van der Waals surface area contributed by atoms with Gasteiger partial charge in [0, 0.05) is 5.33 Å². The van der Waals surface area contributed by atoms with E-state index in [2.05, 4.69) is 29.1 Å². The summed E-state index contributed by atoms with van der Waals surface area (Å²) in [6, 6.07) is 0. The van der Waals surface area contributed by atoms with Crippen LogP contribution in [0.1, 0.15) is 19.3 Å². The van der Waals surface area contributed by atoms with Gasteiger partial charge in [-0.1, -0.05) is 40.7 Å². The molecule has 0 aliphatic heterocycles. The van der Waals surface area contributed by atoms with Crippen LogP contribution in [-0.2, 0) is 0 Å². The molecule has 0 heterocycles. The van der Waals surface area contributed by atoms with E-state index in [0.29, 0.717) is 6.42 Å². The molecule has 0 spiro atoms. The first-order chi connectivity index (χ1) is 5.20. The first-order valence-electron chi connectivity index (χ1n) is 3.75. The van der Waals surface area contributed by atoms with Gasteiger partial charge in [0.1, 0.15) is 0 Å². The lowest BCUT2D eigenvalue weighted by molar-refractivity contribution is 0.165. The van der Waals surface area contributed by atoms with Crippen molar-refractivity contribution in [3.8, 4) is 0 Å². The Balaban J connectivity index is 3.43. The maximum Gasteiger partial charge on any atom is 0.0580 e. The van der Waals surface area contributed by atoms with E-state index in [-0.39, 0.29) is 6.10 Å². The first-order valence-corrected chi connectivity index (χ1v) is 4.87. The molecule has 0 fully saturated rings. The van der Waals surface area contributed by atoms with Crippen molar-refractivity contribution in [2.24, 2.45) is 0 Å². The monoisotopic (exact) mass is 218 g/mol. The molecule has 0 aliphatic carbocycles. The van der Waals surface area contributed by atoms with Crippen LogP contribution in [0.5, 0.6) is 0 Å². The highest BCUT2D eigenvalue weighted by Crippen LogP contribution is 2.09. The SMILES string of the molecule is C=CC(=C)C[C@H](O)CCCBr. The van der Waals surface area contributed by atoms with Gasteiger partial charge in [-0.2, -0.15) is 0 Å². The zero-order chi connectivity index (χ0) is 8.69. The van der Waals surface area contributed by atoms with E-state index in [4.69, 9.17) is 0 Å². The minimum atomic E-state index is -0.252. The third-order valence-electron chi connectivity index (χ3n) is 1.46. The van der Waals surface area contributed by atoms with Crippen molar-refractivity contribution in [1.29, 1.82) is 0 Å². The molecule has 0 radical (unpaired) electrons. The number of allylic oxidation sites excluding steroid dienone is 1. The van der Waals surface area contributed by atoms with Gasteiger partial charge in [0.2, 0.25) is 0 Å². The quantitative estimate of drug-likeness (QED) is 0.537. The smallest absolute Gasteiger partial charge is 0.0580 e. The van der Waals surface area contributed by atoms with Gasteiger partial charge in [-0.15, -0.1) is 0 Å². The number of rotatable bonds is 6. The lowest BCUT2D eigenvalue weighted by Gasteiger charge is -2.08. The fourth-order valence-electron chi connectivity index (χ4n) is 0.801. The molecule has 64 valence electrons. The van der Waals surface area contributed by atoms with Crippen LogP contribution in [0, 0.1) is 0 Å². The molecule has 0 aromatic carbocycles. The highest BCUT2D eigenvalue weighted by Gasteiger charge is 2.02. The van der Waals surface area contributed by atoms with Crippen LogP contribution in [0.3, 0.4) is 0 Å². The van der Waals surface area contributed by atoms with E-state index < -0.39 is 0 Å². The minimum absolute atomic E-state index is 0.252. The summed E-state index contributed by atoms with van der Waals surface area (Å²) in [5.74, 6) is 0. The number of hydrogen-bond donors (Lipinski definition) is 1. The zero-order valence-corrected chi connectivity index (χ0v) is 8.31. The van der Waals surface area contributed by atoms with E-state index in [0.717, 1.165) is 23.7 Å². The molecule has 0 unspecified atom stereocenters. The molecule has 1 atom stereocenters. The Morgan fingerprint density at radius 2 is 2.27 bits per heavy atom. The molecular weight excluding hydrogens is 204 g/mol. The van der Waals surface area contributed by atoms with Crippen molar-refractivity contribution in [2.45, 2.75) is 25.4 Å². The maximum atomic E-state index is 9.35. The lowest BCUT2D eigenvalue weighted by Crippen LogP contribution is -2.06. The van der Waals surface area contributed by atoms with E-state index >= 15 is 0 Å². The summed E-state index contributed by atoms with van der Waals surface area (Å²) < 4.78 is 0. The predicted molar refractivity (Wildman–Crippen MR) is 53.0 cm³/mol. The van der Waals surface area contributed by atoms with Crippen molar-refractivity contribution in [3.63, 3.8) is 0 Å². The summed E-state index contributed by atoms with van der Waals surface area (Å²) in [6.45, 7) is 7.31. The normalized spacial score (nSPS) is 12.5. The van der Waals surface area contributed by atoms with Crippen LogP contribution < -0.4 is 0 Å². The summed E-state index contributed by atoms with van der Waals surface area (Å²) in [5.41, 5.74) is 0.909. The average molecular weight is 219 g/mol. The van der Waals surface area contributed by atoms with Crippen molar-refractivity contribution in [2.75, 3.05) is 5.33 Å². The molecule has 11 heavy (non-hydrogen) atoms. The molecule has 0 aliphatic rings.